The first-order valence-electron chi connectivity index (χ1n) is 6.51. The van der Waals surface area contributed by atoms with Crippen LogP contribution in [0.2, 0.25) is 0 Å². The van der Waals surface area contributed by atoms with Gasteiger partial charge in [-0.05, 0) is 48.4 Å². The molecular formula is C16H18N2O. The van der Waals surface area contributed by atoms with Crippen LogP contribution in [-0.2, 0) is 6.42 Å². The third kappa shape index (κ3) is 2.12. The predicted molar refractivity (Wildman–Crippen MR) is 79.3 cm³/mol. The van der Waals surface area contributed by atoms with E-state index in [-0.39, 0.29) is 0 Å². The molecule has 0 fully saturated rings. The van der Waals surface area contributed by atoms with E-state index in [1.807, 2.05) is 26.1 Å². The Labute approximate surface area is 113 Å². The third-order valence-corrected chi connectivity index (χ3v) is 3.60. The Morgan fingerprint density at radius 3 is 2.79 bits per heavy atom. The molecule has 3 nitrogen and oxygen atoms in total. The lowest BCUT2D eigenvalue weighted by atomic mass is 10.1. The summed E-state index contributed by atoms with van der Waals surface area (Å²) < 4.78 is 5.54. The van der Waals surface area contributed by atoms with E-state index >= 15 is 0 Å². The molecule has 3 rings (SSSR count). The first-order valence-corrected chi connectivity index (χ1v) is 6.51. The molecule has 0 amide bonds. The monoisotopic (exact) mass is 254 g/mol. The Balaban J connectivity index is 1.97. The van der Waals surface area contributed by atoms with Gasteiger partial charge in [-0.1, -0.05) is 6.07 Å². The van der Waals surface area contributed by atoms with Crippen molar-refractivity contribution >= 4 is 17.1 Å². The molecule has 2 N–H and O–H groups in total. The number of aryl methyl sites for hydroxylation is 1. The van der Waals surface area contributed by atoms with E-state index in [0.29, 0.717) is 0 Å². The molecule has 1 heterocycles. The highest BCUT2D eigenvalue weighted by molar-refractivity contribution is 5.75. The molecule has 0 saturated heterocycles. The minimum Gasteiger partial charge on any atom is -0.493 e. The van der Waals surface area contributed by atoms with Gasteiger partial charge in [0.2, 0.25) is 0 Å². The number of fused-ring (bicyclic) bond motifs is 1. The fraction of sp³-hybridized carbons (Fsp3) is 0.250. The second kappa shape index (κ2) is 4.50. The highest BCUT2D eigenvalue weighted by Crippen LogP contribution is 2.34. The lowest BCUT2D eigenvalue weighted by molar-refractivity contribution is 0.357. The SMILES string of the molecule is Cc1ccc(N(C)c2ccc3c(c2)CCO3)c(N)c1. The van der Waals surface area contributed by atoms with Crippen molar-refractivity contribution in [3.63, 3.8) is 0 Å². The summed E-state index contributed by atoms with van der Waals surface area (Å²) in [6.45, 7) is 2.84. The molecule has 98 valence electrons. The van der Waals surface area contributed by atoms with Gasteiger partial charge in [-0.3, -0.25) is 0 Å². The summed E-state index contributed by atoms with van der Waals surface area (Å²) in [4.78, 5) is 2.12. The number of ether oxygens (including phenoxy) is 1. The lowest BCUT2D eigenvalue weighted by Crippen LogP contribution is -2.11. The van der Waals surface area contributed by atoms with Gasteiger partial charge < -0.3 is 15.4 Å². The highest BCUT2D eigenvalue weighted by atomic mass is 16.5. The van der Waals surface area contributed by atoms with Crippen molar-refractivity contribution in [2.75, 3.05) is 24.3 Å². The predicted octanol–water partition coefficient (Wildman–Crippen LogP) is 3.28. The van der Waals surface area contributed by atoms with Gasteiger partial charge >= 0.3 is 0 Å². The van der Waals surface area contributed by atoms with Gasteiger partial charge in [-0.15, -0.1) is 0 Å². The summed E-state index contributed by atoms with van der Waals surface area (Å²) in [7, 11) is 2.04. The molecule has 0 bridgehead atoms. The van der Waals surface area contributed by atoms with Crippen LogP contribution in [0, 0.1) is 6.92 Å². The van der Waals surface area contributed by atoms with Crippen LogP contribution in [0.3, 0.4) is 0 Å². The lowest BCUT2D eigenvalue weighted by Gasteiger charge is -2.22. The normalized spacial score (nSPS) is 12.9. The fourth-order valence-corrected chi connectivity index (χ4v) is 2.50. The van der Waals surface area contributed by atoms with Crippen LogP contribution in [-0.4, -0.2) is 13.7 Å². The average Bonchev–Trinajstić information content (AvgIpc) is 2.85. The summed E-state index contributed by atoms with van der Waals surface area (Å²) in [5, 5.41) is 0. The first kappa shape index (κ1) is 11.9. The van der Waals surface area contributed by atoms with Gasteiger partial charge in [-0.2, -0.15) is 0 Å². The molecule has 1 aliphatic rings. The minimum atomic E-state index is 0.787. The largest absolute Gasteiger partial charge is 0.493 e. The molecule has 0 radical (unpaired) electrons. The van der Waals surface area contributed by atoms with Crippen LogP contribution >= 0.6 is 0 Å². The summed E-state index contributed by atoms with van der Waals surface area (Å²) in [5.41, 5.74) is 11.5. The van der Waals surface area contributed by atoms with E-state index in [2.05, 4.69) is 29.2 Å². The van der Waals surface area contributed by atoms with Crippen molar-refractivity contribution < 1.29 is 4.74 Å². The van der Waals surface area contributed by atoms with Crippen molar-refractivity contribution in [2.45, 2.75) is 13.3 Å². The van der Waals surface area contributed by atoms with Crippen LogP contribution in [0.25, 0.3) is 0 Å². The minimum absolute atomic E-state index is 0.787. The molecule has 1 aliphatic heterocycles. The smallest absolute Gasteiger partial charge is 0.122 e. The van der Waals surface area contributed by atoms with E-state index < -0.39 is 0 Å². The topological polar surface area (TPSA) is 38.5 Å². The molecule has 0 unspecified atom stereocenters. The fourth-order valence-electron chi connectivity index (χ4n) is 2.50. The zero-order valence-electron chi connectivity index (χ0n) is 11.3. The van der Waals surface area contributed by atoms with Gasteiger partial charge in [0.05, 0.1) is 18.0 Å². The van der Waals surface area contributed by atoms with Gasteiger partial charge in [0.25, 0.3) is 0 Å². The second-order valence-electron chi connectivity index (χ2n) is 5.01. The molecule has 0 aromatic heterocycles. The molecule has 0 atom stereocenters. The van der Waals surface area contributed by atoms with Gasteiger partial charge in [0.15, 0.2) is 0 Å². The zero-order valence-corrected chi connectivity index (χ0v) is 11.3. The van der Waals surface area contributed by atoms with Crippen molar-refractivity contribution in [3.8, 4) is 5.75 Å². The van der Waals surface area contributed by atoms with Crippen molar-refractivity contribution in [1.29, 1.82) is 0 Å². The zero-order chi connectivity index (χ0) is 13.4. The van der Waals surface area contributed by atoms with E-state index in [9.17, 15) is 0 Å². The molecule has 0 aliphatic carbocycles. The molecule has 0 saturated carbocycles. The molecule has 0 spiro atoms. The van der Waals surface area contributed by atoms with Crippen LogP contribution in [0.5, 0.6) is 5.75 Å². The van der Waals surface area contributed by atoms with E-state index in [0.717, 1.165) is 35.8 Å². The van der Waals surface area contributed by atoms with E-state index in [4.69, 9.17) is 10.5 Å². The van der Waals surface area contributed by atoms with Crippen LogP contribution < -0.4 is 15.4 Å². The summed E-state index contributed by atoms with van der Waals surface area (Å²) >= 11 is 0. The molecule has 3 heteroatoms. The van der Waals surface area contributed by atoms with Gasteiger partial charge in [0.1, 0.15) is 5.75 Å². The molecule has 19 heavy (non-hydrogen) atoms. The van der Waals surface area contributed by atoms with Crippen molar-refractivity contribution in [3.05, 3.63) is 47.5 Å². The van der Waals surface area contributed by atoms with E-state index in [1.165, 1.54) is 11.1 Å². The maximum Gasteiger partial charge on any atom is 0.122 e. The number of hydrogen-bond acceptors (Lipinski definition) is 3. The molecular weight excluding hydrogens is 236 g/mol. The number of nitrogens with zero attached hydrogens (tertiary/aromatic N) is 1. The maximum atomic E-state index is 6.11. The van der Waals surface area contributed by atoms with Gasteiger partial charge in [0, 0.05) is 19.2 Å². The second-order valence-corrected chi connectivity index (χ2v) is 5.01. The Morgan fingerprint density at radius 2 is 2.00 bits per heavy atom. The summed E-state index contributed by atoms with van der Waals surface area (Å²) in [5.74, 6) is 1.01. The van der Waals surface area contributed by atoms with Crippen LogP contribution in [0.1, 0.15) is 11.1 Å². The standard InChI is InChI=1S/C16H18N2O/c1-11-3-5-15(14(17)9-11)18(2)13-4-6-16-12(10-13)7-8-19-16/h3-6,9-10H,7-8,17H2,1-2H3. The first-order chi connectivity index (χ1) is 9.15. The van der Waals surface area contributed by atoms with Gasteiger partial charge in [-0.25, -0.2) is 0 Å². The number of anilines is 3. The average molecular weight is 254 g/mol. The summed E-state index contributed by atoms with van der Waals surface area (Å²) in [6.07, 6.45) is 0.987. The van der Waals surface area contributed by atoms with Crippen molar-refractivity contribution in [2.24, 2.45) is 0 Å². The van der Waals surface area contributed by atoms with Crippen LogP contribution in [0.15, 0.2) is 36.4 Å². The Morgan fingerprint density at radius 1 is 1.16 bits per heavy atom. The number of nitrogens with two attached hydrogens (primary N) is 1. The molecule has 2 aromatic rings. The number of hydrogen-bond donors (Lipinski definition) is 1. The summed E-state index contributed by atoms with van der Waals surface area (Å²) in [6, 6.07) is 12.4. The van der Waals surface area contributed by atoms with Crippen molar-refractivity contribution in [1.82, 2.24) is 0 Å². The van der Waals surface area contributed by atoms with Crippen LogP contribution in [0.4, 0.5) is 17.1 Å². The Hall–Kier alpha value is -2.16. The third-order valence-electron chi connectivity index (χ3n) is 3.60. The number of benzene rings is 2. The Bertz CT molecular complexity index is 622. The Kier molecular flexibility index (Phi) is 2.82. The highest BCUT2D eigenvalue weighted by Gasteiger charge is 2.14. The molecule has 2 aromatic carbocycles. The quantitative estimate of drug-likeness (QED) is 0.836. The van der Waals surface area contributed by atoms with E-state index in [1.54, 1.807) is 0 Å². The maximum absolute atomic E-state index is 6.11. The number of nitrogen functional groups attached to an aromatic ring is 1. The number of rotatable bonds is 2.